The summed E-state index contributed by atoms with van der Waals surface area (Å²) in [5.74, 6) is -0.223. The van der Waals surface area contributed by atoms with E-state index in [9.17, 15) is 4.39 Å². The Labute approximate surface area is 104 Å². The number of halogens is 2. The third-order valence-electron chi connectivity index (χ3n) is 2.94. The van der Waals surface area contributed by atoms with Gasteiger partial charge in [-0.2, -0.15) is 0 Å². The van der Waals surface area contributed by atoms with Crippen LogP contribution in [0.1, 0.15) is 5.56 Å². The van der Waals surface area contributed by atoms with Gasteiger partial charge < -0.3 is 4.65 Å². The maximum absolute atomic E-state index is 13.1. The van der Waals surface area contributed by atoms with Crippen LogP contribution in [0.5, 0.6) is 0 Å². The summed E-state index contributed by atoms with van der Waals surface area (Å²) in [5, 5.41) is 0.682. The maximum atomic E-state index is 13.1. The Kier molecular flexibility index (Phi) is 2.65. The van der Waals surface area contributed by atoms with Crippen LogP contribution < -0.4 is 10.9 Å². The maximum Gasteiger partial charge on any atom is 0.362 e. The highest BCUT2D eigenvalue weighted by Gasteiger charge is 2.30. The van der Waals surface area contributed by atoms with Gasteiger partial charge in [0.05, 0.1) is 6.61 Å². The smallest absolute Gasteiger partial charge is 0.362 e. The van der Waals surface area contributed by atoms with E-state index in [2.05, 4.69) is 0 Å². The van der Waals surface area contributed by atoms with E-state index in [0.29, 0.717) is 11.6 Å². The topological polar surface area (TPSA) is 9.23 Å². The third-order valence-corrected chi connectivity index (χ3v) is 3.18. The first-order valence-corrected chi connectivity index (χ1v) is 5.77. The van der Waals surface area contributed by atoms with E-state index in [1.54, 1.807) is 6.07 Å². The zero-order valence-electron chi connectivity index (χ0n) is 8.99. The largest absolute Gasteiger partial charge is 0.423 e. The SMILES string of the molecule is Fc1ccc2c(c1)COB2c1cccc(Cl)c1. The van der Waals surface area contributed by atoms with E-state index in [0.717, 1.165) is 16.5 Å². The average molecular weight is 246 g/mol. The van der Waals surface area contributed by atoms with Crippen LogP contribution in [0, 0.1) is 5.82 Å². The fourth-order valence-corrected chi connectivity index (χ4v) is 2.36. The molecule has 0 spiro atoms. The highest BCUT2D eigenvalue weighted by molar-refractivity contribution is 6.81. The lowest BCUT2D eigenvalue weighted by atomic mass is 9.56. The molecule has 0 saturated carbocycles. The Bertz CT molecular complexity index is 573. The van der Waals surface area contributed by atoms with Crippen LogP contribution in [0.15, 0.2) is 42.5 Å². The molecule has 3 rings (SSSR count). The molecule has 1 heterocycles. The summed E-state index contributed by atoms with van der Waals surface area (Å²) in [4.78, 5) is 0. The highest BCUT2D eigenvalue weighted by atomic mass is 35.5. The van der Waals surface area contributed by atoms with Crippen molar-refractivity contribution in [2.24, 2.45) is 0 Å². The van der Waals surface area contributed by atoms with E-state index >= 15 is 0 Å². The number of rotatable bonds is 1. The molecule has 0 unspecified atom stereocenters. The van der Waals surface area contributed by atoms with Gasteiger partial charge in [-0.15, -0.1) is 0 Å². The first-order valence-electron chi connectivity index (χ1n) is 5.39. The van der Waals surface area contributed by atoms with Gasteiger partial charge in [0.1, 0.15) is 5.82 Å². The van der Waals surface area contributed by atoms with Gasteiger partial charge in [0.2, 0.25) is 0 Å². The molecule has 0 amide bonds. The lowest BCUT2D eigenvalue weighted by Gasteiger charge is -2.07. The second-order valence-electron chi connectivity index (χ2n) is 4.09. The first kappa shape index (κ1) is 10.8. The summed E-state index contributed by atoms with van der Waals surface area (Å²) < 4.78 is 18.8. The molecule has 0 N–H and O–H groups in total. The van der Waals surface area contributed by atoms with Crippen molar-refractivity contribution in [3.63, 3.8) is 0 Å². The molecule has 0 fully saturated rings. The number of hydrogen-bond donors (Lipinski definition) is 0. The molecule has 0 radical (unpaired) electrons. The Morgan fingerprint density at radius 3 is 2.88 bits per heavy atom. The van der Waals surface area contributed by atoms with Crippen LogP contribution in [-0.2, 0) is 11.3 Å². The summed E-state index contributed by atoms with van der Waals surface area (Å²) in [5.41, 5.74) is 2.94. The van der Waals surface area contributed by atoms with Crippen molar-refractivity contribution < 1.29 is 9.04 Å². The van der Waals surface area contributed by atoms with Crippen LogP contribution >= 0.6 is 11.6 Å². The first-order chi connectivity index (χ1) is 8.24. The van der Waals surface area contributed by atoms with Crippen LogP contribution in [0.2, 0.25) is 5.02 Å². The fraction of sp³-hybridized carbons (Fsp3) is 0.0769. The number of benzene rings is 2. The monoisotopic (exact) mass is 246 g/mol. The lowest BCUT2D eigenvalue weighted by molar-refractivity contribution is 0.336. The Morgan fingerprint density at radius 2 is 2.06 bits per heavy atom. The lowest BCUT2D eigenvalue weighted by Crippen LogP contribution is -2.41. The van der Waals surface area contributed by atoms with E-state index in [1.165, 1.54) is 12.1 Å². The molecule has 84 valence electrons. The Hall–Kier alpha value is -1.32. The molecule has 0 atom stereocenters. The van der Waals surface area contributed by atoms with Crippen molar-refractivity contribution in [2.45, 2.75) is 6.61 Å². The van der Waals surface area contributed by atoms with Crippen molar-refractivity contribution in [2.75, 3.05) is 0 Å². The van der Waals surface area contributed by atoms with Gasteiger partial charge in [-0.25, -0.2) is 4.39 Å². The van der Waals surface area contributed by atoms with Crippen molar-refractivity contribution >= 4 is 29.4 Å². The molecule has 2 aromatic rings. The normalized spacial score (nSPS) is 13.9. The fourth-order valence-electron chi connectivity index (χ4n) is 2.16. The summed E-state index contributed by atoms with van der Waals surface area (Å²) in [6.45, 7) is 0.314. The van der Waals surface area contributed by atoms with Gasteiger partial charge in [-0.1, -0.05) is 29.8 Å². The van der Waals surface area contributed by atoms with Gasteiger partial charge in [0.25, 0.3) is 0 Å². The molecule has 0 aliphatic carbocycles. The summed E-state index contributed by atoms with van der Waals surface area (Å²) >= 11 is 5.96. The van der Waals surface area contributed by atoms with E-state index in [4.69, 9.17) is 16.3 Å². The number of hydrogen-bond acceptors (Lipinski definition) is 1. The van der Waals surface area contributed by atoms with Gasteiger partial charge in [-0.05, 0) is 40.8 Å². The minimum atomic E-state index is -0.223. The zero-order chi connectivity index (χ0) is 11.8. The van der Waals surface area contributed by atoms with E-state index < -0.39 is 0 Å². The van der Waals surface area contributed by atoms with Gasteiger partial charge >= 0.3 is 6.92 Å². The molecule has 1 aliphatic rings. The molecule has 0 bridgehead atoms. The molecular weight excluding hydrogens is 237 g/mol. The molecular formula is C13H9BClFO. The molecule has 1 aliphatic heterocycles. The quantitative estimate of drug-likeness (QED) is 0.700. The second kappa shape index (κ2) is 4.17. The third kappa shape index (κ3) is 1.96. The van der Waals surface area contributed by atoms with E-state index in [1.807, 2.05) is 24.3 Å². The summed E-state index contributed by atoms with van der Waals surface area (Å²) in [6.07, 6.45) is 0. The number of fused-ring (bicyclic) bond motifs is 1. The molecule has 0 aromatic heterocycles. The molecule has 17 heavy (non-hydrogen) atoms. The second-order valence-corrected chi connectivity index (χ2v) is 4.53. The van der Waals surface area contributed by atoms with Gasteiger partial charge in [0, 0.05) is 5.02 Å². The summed E-state index contributed by atoms with van der Waals surface area (Å²) in [7, 11) is 0. The summed E-state index contributed by atoms with van der Waals surface area (Å²) in [6, 6.07) is 12.3. The minimum Gasteiger partial charge on any atom is -0.423 e. The molecule has 0 saturated heterocycles. The van der Waals surface area contributed by atoms with Crippen molar-refractivity contribution in [3.8, 4) is 0 Å². The predicted molar refractivity (Wildman–Crippen MR) is 67.7 cm³/mol. The molecule has 4 heteroatoms. The van der Waals surface area contributed by atoms with Crippen molar-refractivity contribution in [1.29, 1.82) is 0 Å². The highest BCUT2D eigenvalue weighted by Crippen LogP contribution is 2.14. The zero-order valence-corrected chi connectivity index (χ0v) is 9.75. The van der Waals surface area contributed by atoms with Crippen LogP contribution in [-0.4, -0.2) is 6.92 Å². The van der Waals surface area contributed by atoms with Crippen molar-refractivity contribution in [3.05, 3.63) is 58.9 Å². The minimum absolute atomic E-state index is 0.135. The van der Waals surface area contributed by atoms with E-state index in [-0.39, 0.29) is 12.7 Å². The molecule has 2 aromatic carbocycles. The van der Waals surface area contributed by atoms with Crippen LogP contribution in [0.25, 0.3) is 0 Å². The van der Waals surface area contributed by atoms with Crippen molar-refractivity contribution in [1.82, 2.24) is 0 Å². The average Bonchev–Trinajstić information content (AvgIpc) is 2.71. The van der Waals surface area contributed by atoms with Gasteiger partial charge in [-0.3, -0.25) is 0 Å². The van der Waals surface area contributed by atoms with Crippen LogP contribution in [0.3, 0.4) is 0 Å². The van der Waals surface area contributed by atoms with Crippen LogP contribution in [0.4, 0.5) is 4.39 Å². The Balaban J connectivity index is 2.04. The Morgan fingerprint density at radius 1 is 1.18 bits per heavy atom. The molecule has 1 nitrogen and oxygen atoms in total. The standard InChI is InChI=1S/C13H9BClFO/c15-11-3-1-2-10(7-11)14-13-5-4-12(16)6-9(13)8-17-14/h1-7H,8H2. The van der Waals surface area contributed by atoms with Gasteiger partial charge in [0.15, 0.2) is 0 Å². The predicted octanol–water partition coefficient (Wildman–Crippen LogP) is 2.12.